The van der Waals surface area contributed by atoms with Crippen LogP contribution < -0.4 is 0 Å². The van der Waals surface area contributed by atoms with Crippen LogP contribution in [0.1, 0.15) is 25.0 Å². The number of rotatable bonds is 4. The Hall–Kier alpha value is -2.34. The molecule has 23 heavy (non-hydrogen) atoms. The third kappa shape index (κ3) is 3.71. The highest BCUT2D eigenvalue weighted by atomic mass is 14.1. The molecule has 0 bridgehead atoms. The van der Waals surface area contributed by atoms with Crippen LogP contribution in [0.2, 0.25) is 0 Å². The van der Waals surface area contributed by atoms with E-state index in [4.69, 9.17) is 0 Å². The van der Waals surface area contributed by atoms with Gasteiger partial charge in [0.1, 0.15) is 0 Å². The average molecular weight is 300 g/mol. The van der Waals surface area contributed by atoms with Crippen molar-refractivity contribution in [1.29, 1.82) is 0 Å². The van der Waals surface area contributed by atoms with E-state index in [1.54, 1.807) is 0 Å². The molecule has 0 heteroatoms. The fraction of sp³-hybridized carbons (Fsp3) is 0.217. The monoisotopic (exact) mass is 300 g/mol. The Kier molecular flexibility index (Phi) is 4.62. The van der Waals surface area contributed by atoms with E-state index in [0.29, 0.717) is 5.92 Å². The molecule has 0 aromatic heterocycles. The van der Waals surface area contributed by atoms with E-state index in [-0.39, 0.29) is 0 Å². The van der Waals surface area contributed by atoms with E-state index in [0.717, 1.165) is 6.42 Å². The van der Waals surface area contributed by atoms with Gasteiger partial charge in [0, 0.05) is 0 Å². The summed E-state index contributed by atoms with van der Waals surface area (Å²) in [5.74, 6) is 0.699. The second-order valence-electron chi connectivity index (χ2n) is 6.68. The zero-order chi connectivity index (χ0) is 16.2. The lowest BCUT2D eigenvalue weighted by Crippen LogP contribution is -1.97. The Bertz CT molecular complexity index is 765. The Morgan fingerprint density at radius 2 is 1.17 bits per heavy atom. The molecule has 0 atom stereocenters. The van der Waals surface area contributed by atoms with E-state index in [1.807, 2.05) is 0 Å². The van der Waals surface area contributed by atoms with Crippen LogP contribution in [-0.2, 0) is 6.42 Å². The summed E-state index contributed by atoms with van der Waals surface area (Å²) in [7, 11) is 0. The van der Waals surface area contributed by atoms with Gasteiger partial charge in [0.15, 0.2) is 0 Å². The van der Waals surface area contributed by atoms with Crippen LogP contribution in [0.25, 0.3) is 22.3 Å². The first-order valence-electron chi connectivity index (χ1n) is 8.39. The minimum atomic E-state index is 0.699. The molecule has 0 aliphatic carbocycles. The molecule has 0 nitrogen and oxygen atoms in total. The SMILES string of the molecule is Cc1cc(-c2ccc(-c3ccccc3)cc2)ccc1CC(C)C. The van der Waals surface area contributed by atoms with E-state index < -0.39 is 0 Å². The van der Waals surface area contributed by atoms with Crippen molar-refractivity contribution >= 4 is 0 Å². The van der Waals surface area contributed by atoms with E-state index >= 15 is 0 Å². The summed E-state index contributed by atoms with van der Waals surface area (Å²) in [6, 6.07) is 26.2. The number of hydrogen-bond acceptors (Lipinski definition) is 0. The maximum absolute atomic E-state index is 2.31. The smallest absolute Gasteiger partial charge is 0.0181 e. The predicted octanol–water partition coefficient (Wildman–Crippen LogP) is 6.53. The molecule has 0 heterocycles. The first-order valence-corrected chi connectivity index (χ1v) is 8.39. The Balaban J connectivity index is 1.86. The Morgan fingerprint density at radius 1 is 0.652 bits per heavy atom. The van der Waals surface area contributed by atoms with Gasteiger partial charge in [0.2, 0.25) is 0 Å². The number of benzene rings is 3. The summed E-state index contributed by atoms with van der Waals surface area (Å²) >= 11 is 0. The summed E-state index contributed by atoms with van der Waals surface area (Å²) in [4.78, 5) is 0. The molecule has 0 saturated carbocycles. The molecule has 3 aromatic carbocycles. The summed E-state index contributed by atoms with van der Waals surface area (Å²) < 4.78 is 0. The van der Waals surface area contributed by atoms with Gasteiger partial charge in [-0.05, 0) is 52.6 Å². The lowest BCUT2D eigenvalue weighted by atomic mass is 9.94. The van der Waals surface area contributed by atoms with Gasteiger partial charge in [0.05, 0.1) is 0 Å². The van der Waals surface area contributed by atoms with Crippen LogP contribution in [0.15, 0.2) is 72.8 Å². The van der Waals surface area contributed by atoms with Crippen LogP contribution >= 0.6 is 0 Å². The molecule has 0 radical (unpaired) electrons. The standard InChI is InChI=1S/C23H24/c1-17(2)15-22-13-14-23(16-18(22)3)21-11-9-20(10-12-21)19-7-5-4-6-8-19/h4-14,16-17H,15H2,1-3H3. The Labute approximate surface area is 139 Å². The van der Waals surface area contributed by atoms with Crippen LogP contribution in [0.5, 0.6) is 0 Å². The third-order valence-electron chi connectivity index (χ3n) is 4.30. The van der Waals surface area contributed by atoms with Crippen molar-refractivity contribution in [2.45, 2.75) is 27.2 Å². The zero-order valence-electron chi connectivity index (χ0n) is 14.2. The van der Waals surface area contributed by atoms with Crippen molar-refractivity contribution in [3.8, 4) is 22.3 Å². The molecule has 0 fully saturated rings. The maximum Gasteiger partial charge on any atom is -0.0181 e. The highest BCUT2D eigenvalue weighted by Gasteiger charge is 2.05. The van der Waals surface area contributed by atoms with Crippen LogP contribution in [-0.4, -0.2) is 0 Å². The lowest BCUT2D eigenvalue weighted by Gasteiger charge is -2.11. The summed E-state index contributed by atoms with van der Waals surface area (Å²) in [5.41, 5.74) is 7.97. The molecule has 0 spiro atoms. The van der Waals surface area contributed by atoms with Crippen molar-refractivity contribution in [1.82, 2.24) is 0 Å². The van der Waals surface area contributed by atoms with Gasteiger partial charge in [0.25, 0.3) is 0 Å². The van der Waals surface area contributed by atoms with Crippen molar-refractivity contribution in [2.24, 2.45) is 5.92 Å². The normalized spacial score (nSPS) is 11.0. The molecular weight excluding hydrogens is 276 g/mol. The number of aryl methyl sites for hydroxylation is 1. The van der Waals surface area contributed by atoms with Gasteiger partial charge in [-0.3, -0.25) is 0 Å². The first-order chi connectivity index (χ1) is 11.1. The van der Waals surface area contributed by atoms with Crippen molar-refractivity contribution in [2.75, 3.05) is 0 Å². The van der Waals surface area contributed by atoms with Crippen LogP contribution in [0, 0.1) is 12.8 Å². The van der Waals surface area contributed by atoms with Gasteiger partial charge in [-0.15, -0.1) is 0 Å². The molecule has 3 rings (SSSR count). The molecule has 0 aliphatic rings. The van der Waals surface area contributed by atoms with Gasteiger partial charge >= 0.3 is 0 Å². The van der Waals surface area contributed by atoms with Crippen molar-refractivity contribution in [3.05, 3.63) is 83.9 Å². The Morgan fingerprint density at radius 3 is 1.74 bits per heavy atom. The number of hydrogen-bond donors (Lipinski definition) is 0. The molecule has 0 unspecified atom stereocenters. The van der Waals surface area contributed by atoms with Gasteiger partial charge in [-0.25, -0.2) is 0 Å². The third-order valence-corrected chi connectivity index (χ3v) is 4.30. The molecule has 0 N–H and O–H groups in total. The lowest BCUT2D eigenvalue weighted by molar-refractivity contribution is 0.645. The zero-order valence-corrected chi connectivity index (χ0v) is 14.2. The summed E-state index contributed by atoms with van der Waals surface area (Å²) in [5, 5.41) is 0. The predicted molar refractivity (Wildman–Crippen MR) is 101 cm³/mol. The molecule has 3 aromatic rings. The fourth-order valence-electron chi connectivity index (χ4n) is 3.03. The summed E-state index contributed by atoms with van der Waals surface area (Å²) in [6.07, 6.45) is 1.15. The highest BCUT2D eigenvalue weighted by Crippen LogP contribution is 2.26. The molecule has 0 saturated heterocycles. The maximum atomic E-state index is 2.31. The second kappa shape index (κ2) is 6.83. The van der Waals surface area contributed by atoms with E-state index in [9.17, 15) is 0 Å². The van der Waals surface area contributed by atoms with Crippen molar-refractivity contribution in [3.63, 3.8) is 0 Å². The average Bonchev–Trinajstić information content (AvgIpc) is 2.57. The van der Waals surface area contributed by atoms with Crippen LogP contribution in [0.3, 0.4) is 0 Å². The van der Waals surface area contributed by atoms with Gasteiger partial charge in [-0.2, -0.15) is 0 Å². The van der Waals surface area contributed by atoms with E-state index in [2.05, 4.69) is 93.6 Å². The molecule has 0 aliphatic heterocycles. The van der Waals surface area contributed by atoms with Gasteiger partial charge in [-0.1, -0.05) is 86.6 Å². The minimum Gasteiger partial charge on any atom is -0.0625 e. The minimum absolute atomic E-state index is 0.699. The molecule has 116 valence electrons. The van der Waals surface area contributed by atoms with E-state index in [1.165, 1.54) is 33.4 Å². The van der Waals surface area contributed by atoms with Crippen LogP contribution in [0.4, 0.5) is 0 Å². The van der Waals surface area contributed by atoms with Gasteiger partial charge < -0.3 is 0 Å². The largest absolute Gasteiger partial charge is 0.0625 e. The molecule has 0 amide bonds. The first kappa shape index (κ1) is 15.6. The second-order valence-corrected chi connectivity index (χ2v) is 6.68. The highest BCUT2D eigenvalue weighted by molar-refractivity contribution is 5.71. The fourth-order valence-corrected chi connectivity index (χ4v) is 3.03. The molecular formula is C23H24. The van der Waals surface area contributed by atoms with Crippen molar-refractivity contribution < 1.29 is 0 Å². The summed E-state index contributed by atoms with van der Waals surface area (Å²) in [6.45, 7) is 6.77. The quantitative estimate of drug-likeness (QED) is 0.514. The topological polar surface area (TPSA) is 0 Å².